The molecule has 5 nitrogen and oxygen atoms in total. The Labute approximate surface area is 228 Å². The average Bonchev–Trinajstić information content (AvgIpc) is 2.89. The van der Waals surface area contributed by atoms with E-state index in [9.17, 15) is 4.79 Å². The maximum Gasteiger partial charge on any atom is 0.305 e. The van der Waals surface area contributed by atoms with Crippen molar-refractivity contribution < 1.29 is 19.0 Å². The number of carbonyl (C=O) groups excluding carboxylic acids is 1. The lowest BCUT2D eigenvalue weighted by atomic mass is 9.88. The molecule has 0 amide bonds. The molecule has 0 unspecified atom stereocenters. The van der Waals surface area contributed by atoms with Gasteiger partial charge in [0.25, 0.3) is 0 Å². The van der Waals surface area contributed by atoms with Gasteiger partial charge in [0.05, 0.1) is 25.2 Å². The van der Waals surface area contributed by atoms with E-state index in [1.165, 1.54) is 83.5 Å². The van der Waals surface area contributed by atoms with Gasteiger partial charge in [0.15, 0.2) is 0 Å². The average molecular weight is 520 g/mol. The summed E-state index contributed by atoms with van der Waals surface area (Å²) in [6.45, 7) is 7.46. The van der Waals surface area contributed by atoms with Crippen LogP contribution in [0.4, 0.5) is 0 Å². The Balaban J connectivity index is 1.34. The maximum absolute atomic E-state index is 12.2. The van der Waals surface area contributed by atoms with Crippen molar-refractivity contribution in [2.24, 2.45) is 5.41 Å². The monoisotopic (exact) mass is 519 g/mol. The summed E-state index contributed by atoms with van der Waals surface area (Å²) in [7, 11) is 0. The molecule has 1 saturated heterocycles. The van der Waals surface area contributed by atoms with Gasteiger partial charge in [0, 0.05) is 26.1 Å². The van der Waals surface area contributed by atoms with E-state index in [0.29, 0.717) is 32.8 Å². The summed E-state index contributed by atoms with van der Waals surface area (Å²) in [6, 6.07) is 0. The molecule has 0 spiro atoms. The summed E-state index contributed by atoms with van der Waals surface area (Å²) >= 11 is 0. The Hall–Kier alpha value is -1.33. The SMILES string of the molecule is CCCCCCCCCCCCCCCCOCC1(COC(=O)CCCCCN2C=CC=CC2)COC1. The zero-order valence-corrected chi connectivity index (χ0v) is 24.1. The largest absolute Gasteiger partial charge is 0.465 e. The van der Waals surface area contributed by atoms with Gasteiger partial charge in [-0.2, -0.15) is 0 Å². The molecule has 0 saturated carbocycles. The lowest BCUT2D eigenvalue weighted by Gasteiger charge is -2.40. The molecule has 2 aliphatic rings. The topological polar surface area (TPSA) is 48.0 Å². The lowest BCUT2D eigenvalue weighted by Crippen LogP contribution is -2.50. The van der Waals surface area contributed by atoms with Crippen LogP contribution in [-0.4, -0.2) is 57.0 Å². The number of hydrogen-bond donors (Lipinski definition) is 0. The second-order valence-corrected chi connectivity index (χ2v) is 11.4. The molecule has 2 rings (SSSR count). The molecule has 0 atom stereocenters. The van der Waals surface area contributed by atoms with Crippen LogP contribution in [0.15, 0.2) is 24.4 Å². The molecule has 0 radical (unpaired) electrons. The van der Waals surface area contributed by atoms with E-state index < -0.39 is 0 Å². The van der Waals surface area contributed by atoms with Crippen LogP contribution in [-0.2, 0) is 19.0 Å². The zero-order chi connectivity index (χ0) is 26.3. The van der Waals surface area contributed by atoms with Gasteiger partial charge in [-0.25, -0.2) is 0 Å². The third kappa shape index (κ3) is 16.3. The smallest absolute Gasteiger partial charge is 0.305 e. The minimum absolute atomic E-state index is 0.0842. The van der Waals surface area contributed by atoms with Crippen LogP contribution in [0.5, 0.6) is 0 Å². The third-order valence-corrected chi connectivity index (χ3v) is 7.62. The standard InChI is InChI=1S/C32H57NO4/c1-2-3-4-5-6-7-8-9-10-11-12-13-14-21-26-35-27-32(28-36-29-32)30-37-31(34)22-17-15-18-23-33-24-19-16-20-25-33/h16,19-20,24H,2-15,17-18,21-23,25-30H2,1H3. The van der Waals surface area contributed by atoms with E-state index in [1.807, 2.05) is 0 Å². The summed E-state index contributed by atoms with van der Waals surface area (Å²) in [5.74, 6) is -0.0842. The van der Waals surface area contributed by atoms with Gasteiger partial charge in [-0.15, -0.1) is 0 Å². The maximum atomic E-state index is 12.2. The summed E-state index contributed by atoms with van der Waals surface area (Å²) in [4.78, 5) is 14.5. The molecule has 0 aliphatic carbocycles. The van der Waals surface area contributed by atoms with E-state index >= 15 is 0 Å². The first kappa shape index (κ1) is 31.9. The second kappa shape index (κ2) is 21.6. The Bertz CT molecular complexity index is 614. The molecule has 1 fully saturated rings. The van der Waals surface area contributed by atoms with E-state index in [-0.39, 0.29) is 11.4 Å². The first-order valence-electron chi connectivity index (χ1n) is 15.6. The van der Waals surface area contributed by atoms with Crippen LogP contribution in [0.3, 0.4) is 0 Å². The number of carbonyl (C=O) groups is 1. The molecule has 2 heterocycles. The molecule has 214 valence electrons. The van der Waals surface area contributed by atoms with E-state index in [2.05, 4.69) is 36.3 Å². The van der Waals surface area contributed by atoms with Gasteiger partial charge < -0.3 is 19.1 Å². The molecular weight excluding hydrogens is 462 g/mol. The third-order valence-electron chi connectivity index (χ3n) is 7.62. The first-order chi connectivity index (χ1) is 18.2. The number of nitrogens with zero attached hydrogens (tertiary/aromatic N) is 1. The highest BCUT2D eigenvalue weighted by atomic mass is 16.6. The van der Waals surface area contributed by atoms with Crippen molar-refractivity contribution >= 4 is 5.97 Å². The summed E-state index contributed by atoms with van der Waals surface area (Å²) < 4.78 is 17.0. The lowest BCUT2D eigenvalue weighted by molar-refractivity contribution is -0.185. The van der Waals surface area contributed by atoms with Crippen molar-refractivity contribution in [1.29, 1.82) is 0 Å². The molecule has 2 aliphatic heterocycles. The summed E-state index contributed by atoms with van der Waals surface area (Å²) in [6.07, 6.45) is 31.2. The van der Waals surface area contributed by atoms with Crippen LogP contribution < -0.4 is 0 Å². The second-order valence-electron chi connectivity index (χ2n) is 11.4. The fourth-order valence-corrected chi connectivity index (χ4v) is 5.03. The highest BCUT2D eigenvalue weighted by molar-refractivity contribution is 5.69. The normalized spacial score (nSPS) is 16.2. The van der Waals surface area contributed by atoms with Gasteiger partial charge in [-0.3, -0.25) is 4.79 Å². The minimum atomic E-state index is -0.125. The van der Waals surface area contributed by atoms with Crippen molar-refractivity contribution in [3.63, 3.8) is 0 Å². The van der Waals surface area contributed by atoms with Crippen LogP contribution in [0.1, 0.15) is 122 Å². The van der Waals surface area contributed by atoms with Crippen molar-refractivity contribution in [3.8, 4) is 0 Å². The Morgan fingerprint density at radius 1 is 0.784 bits per heavy atom. The van der Waals surface area contributed by atoms with Crippen molar-refractivity contribution in [3.05, 3.63) is 24.4 Å². The van der Waals surface area contributed by atoms with Crippen molar-refractivity contribution in [2.75, 3.05) is 46.1 Å². The van der Waals surface area contributed by atoms with Crippen LogP contribution in [0.25, 0.3) is 0 Å². The van der Waals surface area contributed by atoms with Crippen LogP contribution in [0.2, 0.25) is 0 Å². The fraction of sp³-hybridized carbons (Fsp3) is 0.844. The zero-order valence-electron chi connectivity index (χ0n) is 24.1. The van der Waals surface area contributed by atoms with Crippen molar-refractivity contribution in [2.45, 2.75) is 122 Å². The van der Waals surface area contributed by atoms with Gasteiger partial charge in [0.2, 0.25) is 0 Å². The molecule has 0 aromatic heterocycles. The van der Waals surface area contributed by atoms with Gasteiger partial charge >= 0.3 is 5.97 Å². The number of rotatable bonds is 25. The molecule has 0 aromatic carbocycles. The highest BCUT2D eigenvalue weighted by Gasteiger charge is 2.40. The number of ether oxygens (including phenoxy) is 3. The van der Waals surface area contributed by atoms with E-state index in [4.69, 9.17) is 14.2 Å². The van der Waals surface area contributed by atoms with Gasteiger partial charge in [-0.1, -0.05) is 109 Å². The molecular formula is C32H57NO4. The Kier molecular flexibility index (Phi) is 18.6. The molecule has 37 heavy (non-hydrogen) atoms. The molecule has 0 aromatic rings. The molecule has 0 N–H and O–H groups in total. The number of hydrogen-bond acceptors (Lipinski definition) is 5. The van der Waals surface area contributed by atoms with Crippen molar-refractivity contribution in [1.82, 2.24) is 4.90 Å². The first-order valence-corrected chi connectivity index (χ1v) is 15.6. The Morgan fingerprint density at radius 3 is 1.97 bits per heavy atom. The van der Waals surface area contributed by atoms with Gasteiger partial charge in [0.1, 0.15) is 6.61 Å². The highest BCUT2D eigenvalue weighted by Crippen LogP contribution is 2.28. The Morgan fingerprint density at radius 2 is 1.41 bits per heavy atom. The van der Waals surface area contributed by atoms with E-state index in [1.54, 1.807) is 0 Å². The number of unbranched alkanes of at least 4 members (excludes halogenated alkanes) is 15. The van der Waals surface area contributed by atoms with Crippen LogP contribution in [0, 0.1) is 5.41 Å². The minimum Gasteiger partial charge on any atom is -0.465 e. The van der Waals surface area contributed by atoms with Crippen LogP contribution >= 0.6 is 0 Å². The predicted molar refractivity (Wildman–Crippen MR) is 154 cm³/mol. The summed E-state index contributed by atoms with van der Waals surface area (Å²) in [5.41, 5.74) is -0.125. The summed E-state index contributed by atoms with van der Waals surface area (Å²) in [5, 5.41) is 0. The quantitative estimate of drug-likeness (QED) is 0.0903. The predicted octanol–water partition coefficient (Wildman–Crippen LogP) is 7.99. The molecule has 0 bridgehead atoms. The van der Waals surface area contributed by atoms with E-state index in [0.717, 1.165) is 45.4 Å². The number of esters is 1. The van der Waals surface area contributed by atoms with Gasteiger partial charge in [-0.05, 0) is 31.5 Å². The molecule has 5 heteroatoms. The number of allylic oxidation sites excluding steroid dienone is 2. The fourth-order valence-electron chi connectivity index (χ4n) is 5.03.